The summed E-state index contributed by atoms with van der Waals surface area (Å²) in [6.45, 7) is 4.72. The van der Waals surface area contributed by atoms with Gasteiger partial charge in [0.15, 0.2) is 0 Å². The minimum Gasteiger partial charge on any atom is -0.310 e. The maximum absolute atomic E-state index is 12.2. The molecule has 6 heteroatoms. The van der Waals surface area contributed by atoms with Gasteiger partial charge in [-0.2, -0.15) is 18.3 Å². The molecule has 0 saturated heterocycles. The molecule has 1 unspecified atom stereocenters. The van der Waals surface area contributed by atoms with Crippen LogP contribution in [-0.4, -0.2) is 22.5 Å². The lowest BCUT2D eigenvalue weighted by Crippen LogP contribution is -2.23. The summed E-state index contributed by atoms with van der Waals surface area (Å²) in [6.07, 6.45) is -1.34. The minimum absolute atomic E-state index is 0.0454. The van der Waals surface area contributed by atoms with Crippen LogP contribution in [0.3, 0.4) is 0 Å². The molecule has 0 bridgehead atoms. The SMILES string of the molecule is CCCNC(CCCC(F)(F)F)c1cn(C)nc1C. The Balaban J connectivity index is 2.64. The number of nitrogens with zero attached hydrogens (tertiary/aromatic N) is 2. The van der Waals surface area contributed by atoms with Crippen LogP contribution >= 0.6 is 0 Å². The van der Waals surface area contributed by atoms with Crippen molar-refractivity contribution in [3.63, 3.8) is 0 Å². The van der Waals surface area contributed by atoms with E-state index in [0.29, 0.717) is 6.42 Å². The van der Waals surface area contributed by atoms with E-state index < -0.39 is 12.6 Å². The predicted octanol–water partition coefficient (Wildman–Crippen LogP) is 3.50. The molecule has 0 aliphatic heterocycles. The summed E-state index contributed by atoms with van der Waals surface area (Å²) in [5.74, 6) is 0. The smallest absolute Gasteiger partial charge is 0.310 e. The van der Waals surface area contributed by atoms with E-state index >= 15 is 0 Å². The molecule has 1 atom stereocenters. The van der Waals surface area contributed by atoms with E-state index in [-0.39, 0.29) is 12.5 Å². The molecular weight excluding hydrogens is 255 g/mol. The molecule has 0 aromatic carbocycles. The van der Waals surface area contributed by atoms with Crippen LogP contribution in [0.4, 0.5) is 13.2 Å². The minimum atomic E-state index is -4.07. The summed E-state index contributed by atoms with van der Waals surface area (Å²) in [7, 11) is 1.82. The van der Waals surface area contributed by atoms with Gasteiger partial charge in [-0.05, 0) is 32.7 Å². The van der Waals surface area contributed by atoms with Gasteiger partial charge in [0.2, 0.25) is 0 Å². The quantitative estimate of drug-likeness (QED) is 0.826. The van der Waals surface area contributed by atoms with E-state index in [1.165, 1.54) is 0 Å². The van der Waals surface area contributed by atoms with Crippen molar-refractivity contribution in [1.29, 1.82) is 0 Å². The van der Waals surface area contributed by atoms with Gasteiger partial charge in [0.05, 0.1) is 5.69 Å². The zero-order valence-electron chi connectivity index (χ0n) is 11.7. The molecule has 0 aliphatic carbocycles. The van der Waals surface area contributed by atoms with E-state index in [1.807, 2.05) is 27.1 Å². The molecule has 0 fully saturated rings. The first kappa shape index (κ1) is 16.0. The van der Waals surface area contributed by atoms with Crippen molar-refractivity contribution in [1.82, 2.24) is 15.1 Å². The van der Waals surface area contributed by atoms with Crippen LogP contribution in [0.25, 0.3) is 0 Å². The first-order chi connectivity index (χ1) is 8.83. The fourth-order valence-electron chi connectivity index (χ4n) is 2.15. The van der Waals surface area contributed by atoms with Gasteiger partial charge in [-0.3, -0.25) is 4.68 Å². The first-order valence-corrected chi connectivity index (χ1v) is 6.63. The van der Waals surface area contributed by atoms with E-state index in [0.717, 1.165) is 24.2 Å². The number of hydrogen-bond acceptors (Lipinski definition) is 2. The summed E-state index contributed by atoms with van der Waals surface area (Å²) in [6, 6.07) is -0.0454. The molecule has 1 rings (SSSR count). The summed E-state index contributed by atoms with van der Waals surface area (Å²) < 4.78 is 38.3. The molecule has 0 aliphatic rings. The number of rotatable bonds is 7. The highest BCUT2D eigenvalue weighted by molar-refractivity contribution is 5.20. The van der Waals surface area contributed by atoms with Gasteiger partial charge in [0.1, 0.15) is 0 Å². The lowest BCUT2D eigenvalue weighted by molar-refractivity contribution is -0.135. The average Bonchev–Trinajstić information content (AvgIpc) is 2.61. The molecular formula is C13H22F3N3. The molecule has 3 nitrogen and oxygen atoms in total. The topological polar surface area (TPSA) is 29.9 Å². The van der Waals surface area contributed by atoms with Gasteiger partial charge in [-0.25, -0.2) is 0 Å². The monoisotopic (exact) mass is 277 g/mol. The average molecular weight is 277 g/mol. The van der Waals surface area contributed by atoms with E-state index in [1.54, 1.807) is 4.68 Å². The number of alkyl halides is 3. The van der Waals surface area contributed by atoms with Crippen LogP contribution in [0.5, 0.6) is 0 Å². The third-order valence-electron chi connectivity index (χ3n) is 3.02. The summed E-state index contributed by atoms with van der Waals surface area (Å²) in [5.41, 5.74) is 1.88. The van der Waals surface area contributed by atoms with Crippen molar-refractivity contribution >= 4 is 0 Å². The van der Waals surface area contributed by atoms with E-state index in [9.17, 15) is 13.2 Å². The Kier molecular flexibility index (Phi) is 5.85. The normalized spacial score (nSPS) is 13.8. The maximum Gasteiger partial charge on any atom is 0.389 e. The second-order valence-electron chi connectivity index (χ2n) is 4.86. The van der Waals surface area contributed by atoms with Crippen molar-refractivity contribution in [3.05, 3.63) is 17.5 Å². The molecule has 19 heavy (non-hydrogen) atoms. The van der Waals surface area contributed by atoms with Gasteiger partial charge < -0.3 is 5.32 Å². The summed E-state index contributed by atoms with van der Waals surface area (Å²) in [5, 5.41) is 7.56. The second kappa shape index (κ2) is 6.93. The zero-order chi connectivity index (χ0) is 14.5. The fourth-order valence-corrected chi connectivity index (χ4v) is 2.15. The Morgan fingerprint density at radius 2 is 2.11 bits per heavy atom. The Bertz CT molecular complexity index is 385. The van der Waals surface area contributed by atoms with Gasteiger partial charge in [-0.1, -0.05) is 6.92 Å². The molecule has 1 aromatic rings. The molecule has 0 radical (unpaired) electrons. The highest BCUT2D eigenvalue weighted by atomic mass is 19.4. The van der Waals surface area contributed by atoms with Gasteiger partial charge >= 0.3 is 6.18 Å². The number of aromatic nitrogens is 2. The molecule has 110 valence electrons. The van der Waals surface area contributed by atoms with Crippen LogP contribution in [-0.2, 0) is 7.05 Å². The summed E-state index contributed by atoms with van der Waals surface area (Å²) in [4.78, 5) is 0. The lowest BCUT2D eigenvalue weighted by atomic mass is 10.0. The molecule has 1 heterocycles. The molecule has 1 N–H and O–H groups in total. The highest BCUT2D eigenvalue weighted by Gasteiger charge is 2.27. The second-order valence-corrected chi connectivity index (χ2v) is 4.86. The first-order valence-electron chi connectivity index (χ1n) is 6.63. The predicted molar refractivity (Wildman–Crippen MR) is 68.9 cm³/mol. The van der Waals surface area contributed by atoms with Crippen molar-refractivity contribution < 1.29 is 13.2 Å². The van der Waals surface area contributed by atoms with Crippen molar-refractivity contribution in [2.75, 3.05) is 6.54 Å². The van der Waals surface area contributed by atoms with Crippen molar-refractivity contribution in [3.8, 4) is 0 Å². The zero-order valence-corrected chi connectivity index (χ0v) is 11.7. The third-order valence-corrected chi connectivity index (χ3v) is 3.02. The van der Waals surface area contributed by atoms with Crippen LogP contribution in [0.2, 0.25) is 0 Å². The third kappa shape index (κ3) is 5.63. The van der Waals surface area contributed by atoms with Gasteiger partial charge in [-0.15, -0.1) is 0 Å². The van der Waals surface area contributed by atoms with Crippen LogP contribution < -0.4 is 5.32 Å². The molecule has 1 aromatic heterocycles. The van der Waals surface area contributed by atoms with Crippen LogP contribution in [0.1, 0.15) is 49.9 Å². The Labute approximate surface area is 112 Å². The Morgan fingerprint density at radius 1 is 1.42 bits per heavy atom. The highest BCUT2D eigenvalue weighted by Crippen LogP contribution is 2.27. The Hall–Kier alpha value is -1.04. The van der Waals surface area contributed by atoms with Crippen molar-refractivity contribution in [2.24, 2.45) is 7.05 Å². The molecule has 0 amide bonds. The standard InChI is InChI=1S/C13H22F3N3/c1-4-8-17-12(6-5-7-13(14,15)16)11-9-19(3)18-10(11)2/h9,12,17H,4-8H2,1-3H3. The van der Waals surface area contributed by atoms with Gasteiger partial charge in [0.25, 0.3) is 0 Å². The van der Waals surface area contributed by atoms with Crippen LogP contribution in [0, 0.1) is 6.92 Å². The largest absolute Gasteiger partial charge is 0.389 e. The molecule has 0 spiro atoms. The van der Waals surface area contributed by atoms with Crippen molar-refractivity contribution in [2.45, 2.75) is 51.7 Å². The summed E-state index contributed by atoms with van der Waals surface area (Å²) >= 11 is 0. The maximum atomic E-state index is 12.2. The van der Waals surface area contributed by atoms with Gasteiger partial charge in [0, 0.05) is 31.3 Å². The van der Waals surface area contributed by atoms with E-state index in [4.69, 9.17) is 0 Å². The lowest BCUT2D eigenvalue weighted by Gasteiger charge is -2.18. The number of halogens is 3. The number of hydrogen-bond donors (Lipinski definition) is 1. The van der Waals surface area contributed by atoms with E-state index in [2.05, 4.69) is 10.4 Å². The number of nitrogens with one attached hydrogen (secondary N) is 1. The molecule has 0 saturated carbocycles. The van der Waals surface area contributed by atoms with Crippen LogP contribution in [0.15, 0.2) is 6.20 Å². The Morgan fingerprint density at radius 3 is 2.58 bits per heavy atom. The number of aryl methyl sites for hydroxylation is 2. The fraction of sp³-hybridized carbons (Fsp3) is 0.769.